The maximum atomic E-state index is 12.2. The molecule has 1 aromatic carbocycles. The second kappa shape index (κ2) is 7.47. The quantitative estimate of drug-likeness (QED) is 0.669. The summed E-state index contributed by atoms with van der Waals surface area (Å²) in [7, 11) is 0. The average molecular weight is 389 g/mol. The third-order valence-corrected chi connectivity index (χ3v) is 4.45. The fourth-order valence-electron chi connectivity index (χ4n) is 2.68. The normalized spacial score (nSPS) is 14.6. The minimum atomic E-state index is -0.396. The number of guanidine groups is 1. The van der Waals surface area contributed by atoms with Gasteiger partial charge in [0, 0.05) is 17.8 Å². The highest BCUT2D eigenvalue weighted by molar-refractivity contribution is 6.31. The number of halogens is 1. The second-order valence-corrected chi connectivity index (χ2v) is 6.41. The number of nitrogens with zero attached hydrogens (tertiary/aromatic N) is 4. The summed E-state index contributed by atoms with van der Waals surface area (Å²) >= 11 is 6.13. The molecule has 0 atom stereocenters. The average Bonchev–Trinajstić information content (AvgIpc) is 3.06. The van der Waals surface area contributed by atoms with Crippen molar-refractivity contribution in [2.24, 2.45) is 4.99 Å². The summed E-state index contributed by atoms with van der Waals surface area (Å²) in [6.07, 6.45) is 3.10. The fraction of sp³-hybridized carbons (Fsp3) is 0.0500. The van der Waals surface area contributed by atoms with Gasteiger partial charge < -0.3 is 10.6 Å². The Balaban J connectivity index is 1.50. The van der Waals surface area contributed by atoms with Gasteiger partial charge in [-0.15, -0.1) is 0 Å². The summed E-state index contributed by atoms with van der Waals surface area (Å²) in [5.74, 6) is -0.0437. The molecule has 0 bridgehead atoms. The van der Waals surface area contributed by atoms with Gasteiger partial charge in [0.05, 0.1) is 22.3 Å². The lowest BCUT2D eigenvalue weighted by atomic mass is 10.2. The van der Waals surface area contributed by atoms with Crippen LogP contribution in [0.5, 0.6) is 0 Å². The van der Waals surface area contributed by atoms with E-state index in [1.807, 2.05) is 24.3 Å². The van der Waals surface area contributed by atoms with Crippen LogP contribution in [0.15, 0.2) is 59.4 Å². The molecular weight excluding hydrogens is 376 g/mol. The minimum absolute atomic E-state index is 0.304. The third-order valence-electron chi connectivity index (χ3n) is 4.08. The molecule has 8 heteroatoms. The smallest absolute Gasteiger partial charge is 0.296 e. The predicted octanol–water partition coefficient (Wildman–Crippen LogP) is 2.77. The largest absolute Gasteiger partial charge is 0.352 e. The van der Waals surface area contributed by atoms with E-state index in [0.717, 1.165) is 5.56 Å². The number of carbonyl (C=O) groups excluding carboxylic acids is 1. The van der Waals surface area contributed by atoms with E-state index in [1.165, 1.54) is 6.20 Å². The number of benzene rings is 1. The molecule has 0 aliphatic carbocycles. The van der Waals surface area contributed by atoms with Crippen molar-refractivity contribution in [2.75, 3.05) is 0 Å². The molecule has 2 N–H and O–H groups in total. The van der Waals surface area contributed by atoms with Crippen molar-refractivity contribution in [1.29, 1.82) is 5.26 Å². The number of carbonyl (C=O) groups is 1. The van der Waals surface area contributed by atoms with Crippen LogP contribution in [-0.2, 0) is 11.3 Å². The van der Waals surface area contributed by atoms with Gasteiger partial charge in [0.15, 0.2) is 0 Å². The van der Waals surface area contributed by atoms with Crippen molar-refractivity contribution in [3.63, 3.8) is 0 Å². The Morgan fingerprint density at radius 2 is 2.07 bits per heavy atom. The molecule has 0 radical (unpaired) electrons. The van der Waals surface area contributed by atoms with Crippen LogP contribution in [-0.4, -0.2) is 21.8 Å². The first-order valence-electron chi connectivity index (χ1n) is 8.38. The van der Waals surface area contributed by atoms with E-state index < -0.39 is 5.91 Å². The van der Waals surface area contributed by atoms with Crippen molar-refractivity contribution in [3.05, 3.63) is 76.2 Å². The van der Waals surface area contributed by atoms with E-state index in [0.29, 0.717) is 45.5 Å². The zero-order chi connectivity index (χ0) is 19.5. The summed E-state index contributed by atoms with van der Waals surface area (Å²) in [6, 6.07) is 14.7. The van der Waals surface area contributed by atoms with Crippen LogP contribution in [0.25, 0.3) is 17.1 Å². The van der Waals surface area contributed by atoms with Gasteiger partial charge in [0.25, 0.3) is 5.91 Å². The Hall–Kier alpha value is -3.76. The minimum Gasteiger partial charge on any atom is -0.352 e. The molecule has 1 amide bonds. The molecule has 0 spiro atoms. The van der Waals surface area contributed by atoms with Crippen molar-refractivity contribution < 1.29 is 4.79 Å². The standard InChI is InChI=1S/C20H13ClN6O/c21-15-4-2-1-3-13(15)11-24-20-26-18(19(28)27-20)8-14-5-6-16-17(25-14)7-12(9-22)10-23-16/h1-8,10H,11H2,(H2,24,26,27,28). The molecule has 0 saturated carbocycles. The van der Waals surface area contributed by atoms with Gasteiger partial charge in [-0.25, -0.2) is 4.98 Å². The van der Waals surface area contributed by atoms with E-state index in [4.69, 9.17) is 16.9 Å². The predicted molar refractivity (Wildman–Crippen MR) is 106 cm³/mol. The van der Waals surface area contributed by atoms with E-state index in [1.54, 1.807) is 30.3 Å². The monoisotopic (exact) mass is 388 g/mol. The van der Waals surface area contributed by atoms with Gasteiger partial charge in [-0.3, -0.25) is 9.78 Å². The van der Waals surface area contributed by atoms with E-state index in [-0.39, 0.29) is 0 Å². The first kappa shape index (κ1) is 17.6. The van der Waals surface area contributed by atoms with E-state index in [9.17, 15) is 4.79 Å². The first-order chi connectivity index (χ1) is 13.6. The number of pyridine rings is 2. The number of fused-ring (bicyclic) bond motifs is 1. The third kappa shape index (κ3) is 3.68. The first-order valence-corrected chi connectivity index (χ1v) is 8.76. The zero-order valence-corrected chi connectivity index (χ0v) is 15.2. The Morgan fingerprint density at radius 3 is 2.89 bits per heavy atom. The number of hydrogen-bond acceptors (Lipinski definition) is 6. The lowest BCUT2D eigenvalue weighted by Gasteiger charge is -2.07. The molecule has 0 unspecified atom stereocenters. The van der Waals surface area contributed by atoms with Crippen LogP contribution < -0.4 is 10.6 Å². The number of nitrogens with one attached hydrogen (secondary N) is 2. The molecule has 7 nitrogen and oxygen atoms in total. The molecule has 3 aromatic rings. The summed E-state index contributed by atoms with van der Waals surface area (Å²) in [5.41, 5.74) is 3.44. The van der Waals surface area contributed by atoms with Crippen LogP contribution in [0.3, 0.4) is 0 Å². The van der Waals surface area contributed by atoms with Crippen molar-refractivity contribution in [3.8, 4) is 6.07 Å². The number of aromatic nitrogens is 2. The van der Waals surface area contributed by atoms with Crippen LogP contribution in [0.4, 0.5) is 0 Å². The summed E-state index contributed by atoms with van der Waals surface area (Å²) in [4.78, 5) is 24.7. The van der Waals surface area contributed by atoms with Crippen molar-refractivity contribution in [2.45, 2.75) is 6.54 Å². The van der Waals surface area contributed by atoms with Crippen LogP contribution in [0, 0.1) is 11.3 Å². The molecule has 0 fully saturated rings. The number of nitriles is 1. The number of aliphatic imine (C=N–C) groups is 1. The molecule has 28 heavy (non-hydrogen) atoms. The molecule has 4 rings (SSSR count). The molecular formula is C20H13ClN6O. The fourth-order valence-corrected chi connectivity index (χ4v) is 2.89. The summed E-state index contributed by atoms with van der Waals surface area (Å²) in [5, 5.41) is 15.6. The topological polar surface area (TPSA) is 103 Å². The van der Waals surface area contributed by atoms with Gasteiger partial charge in [-0.2, -0.15) is 10.3 Å². The highest BCUT2D eigenvalue weighted by Gasteiger charge is 2.20. The number of hydrogen-bond donors (Lipinski definition) is 2. The molecule has 2 aromatic heterocycles. The maximum Gasteiger partial charge on any atom is 0.296 e. The van der Waals surface area contributed by atoms with E-state index >= 15 is 0 Å². The van der Waals surface area contributed by atoms with Crippen LogP contribution >= 0.6 is 11.6 Å². The Kier molecular flexibility index (Phi) is 4.70. The summed E-state index contributed by atoms with van der Waals surface area (Å²) in [6.45, 7) is 0.433. The molecule has 1 aliphatic rings. The van der Waals surface area contributed by atoms with Crippen molar-refractivity contribution >= 4 is 40.6 Å². The van der Waals surface area contributed by atoms with Gasteiger partial charge in [0.1, 0.15) is 11.8 Å². The maximum absolute atomic E-state index is 12.2. The lowest BCUT2D eigenvalue weighted by Crippen LogP contribution is -2.32. The molecule has 1 aliphatic heterocycles. The van der Waals surface area contributed by atoms with Gasteiger partial charge in [-0.1, -0.05) is 29.8 Å². The zero-order valence-electron chi connectivity index (χ0n) is 14.5. The molecule has 3 heterocycles. The number of amides is 1. The number of rotatable bonds is 3. The summed E-state index contributed by atoms with van der Waals surface area (Å²) < 4.78 is 0. The Morgan fingerprint density at radius 1 is 1.21 bits per heavy atom. The highest BCUT2D eigenvalue weighted by Crippen LogP contribution is 2.16. The second-order valence-electron chi connectivity index (χ2n) is 6.00. The Labute approximate surface area is 165 Å². The highest BCUT2D eigenvalue weighted by atomic mass is 35.5. The van der Waals surface area contributed by atoms with Gasteiger partial charge >= 0.3 is 0 Å². The Bertz CT molecular complexity index is 1190. The van der Waals surface area contributed by atoms with Crippen LogP contribution in [0.1, 0.15) is 16.8 Å². The van der Waals surface area contributed by atoms with Gasteiger partial charge in [-0.05, 0) is 35.9 Å². The van der Waals surface area contributed by atoms with E-state index in [2.05, 4.69) is 25.6 Å². The van der Waals surface area contributed by atoms with Gasteiger partial charge in [0.2, 0.25) is 5.96 Å². The molecule has 136 valence electrons. The molecule has 0 saturated heterocycles. The van der Waals surface area contributed by atoms with Crippen molar-refractivity contribution in [1.82, 2.24) is 20.6 Å². The lowest BCUT2D eigenvalue weighted by molar-refractivity contribution is -0.114. The van der Waals surface area contributed by atoms with Crippen LogP contribution in [0.2, 0.25) is 5.02 Å². The SMILES string of the molecule is N#Cc1cnc2ccc(C=C3NC(NCc4ccccc4Cl)=NC3=O)nc2c1.